The van der Waals surface area contributed by atoms with Crippen molar-refractivity contribution < 1.29 is 4.79 Å². The Morgan fingerprint density at radius 2 is 1.83 bits per heavy atom. The fraction of sp³-hybridized carbons (Fsp3) is 0.222. The van der Waals surface area contributed by atoms with Crippen molar-refractivity contribution in [1.29, 1.82) is 0 Å². The van der Waals surface area contributed by atoms with Crippen molar-refractivity contribution in [3.8, 4) is 0 Å². The molecule has 0 unspecified atom stereocenters. The number of carbonyl (C=O) groups excluding carboxylic acids is 1. The van der Waals surface area contributed by atoms with Gasteiger partial charge in [-0.25, -0.2) is 0 Å². The zero-order chi connectivity index (χ0) is 9.30. The first-order valence-corrected chi connectivity index (χ1v) is 4.25. The van der Waals surface area contributed by atoms with Crippen molar-refractivity contribution in [1.82, 2.24) is 0 Å². The molecule has 0 aliphatic carbocycles. The maximum atomic E-state index is 11.0. The van der Waals surface area contributed by atoms with Gasteiger partial charge in [0.1, 0.15) is 0 Å². The second-order valence-electron chi connectivity index (χ2n) is 2.61. The Balaban J connectivity index is 3.36. The Kier molecular flexibility index (Phi) is 2.76. The van der Waals surface area contributed by atoms with Crippen LogP contribution in [-0.2, 0) is 0 Å². The van der Waals surface area contributed by atoms with Crippen molar-refractivity contribution in [3.05, 3.63) is 33.3 Å². The van der Waals surface area contributed by atoms with Crippen LogP contribution < -0.4 is 0 Å². The van der Waals surface area contributed by atoms with Gasteiger partial charge in [0, 0.05) is 5.56 Å². The van der Waals surface area contributed by atoms with E-state index in [-0.39, 0.29) is 5.78 Å². The van der Waals surface area contributed by atoms with Gasteiger partial charge in [-0.15, -0.1) is 0 Å². The fourth-order valence-electron chi connectivity index (χ4n) is 0.918. The van der Waals surface area contributed by atoms with Gasteiger partial charge >= 0.3 is 0 Å². The summed E-state index contributed by atoms with van der Waals surface area (Å²) in [4.78, 5) is 11.0. The Morgan fingerprint density at radius 3 is 2.33 bits per heavy atom. The highest BCUT2D eigenvalue weighted by Gasteiger charge is 2.09. The highest BCUT2D eigenvalue weighted by molar-refractivity contribution is 6.44. The van der Waals surface area contributed by atoms with Gasteiger partial charge < -0.3 is 0 Å². The minimum Gasteiger partial charge on any atom is -0.294 e. The van der Waals surface area contributed by atoms with Crippen LogP contribution in [0.1, 0.15) is 22.8 Å². The molecule has 1 aromatic carbocycles. The largest absolute Gasteiger partial charge is 0.294 e. The van der Waals surface area contributed by atoms with Gasteiger partial charge in [-0.1, -0.05) is 29.3 Å². The molecule has 0 aliphatic rings. The van der Waals surface area contributed by atoms with E-state index < -0.39 is 0 Å². The molecule has 0 aliphatic heterocycles. The standard InChI is InChI=1S/C9H8Cl2O/c1-5-3-4-7(6(2)12)9(11)8(5)10/h3-4H,1-2H3. The fourth-order valence-corrected chi connectivity index (χ4v) is 1.43. The number of hydrogen-bond acceptors (Lipinski definition) is 1. The summed E-state index contributed by atoms with van der Waals surface area (Å²) in [5.74, 6) is -0.0677. The average Bonchev–Trinajstić information content (AvgIpc) is 2.00. The lowest BCUT2D eigenvalue weighted by atomic mass is 10.1. The molecule has 0 atom stereocenters. The summed E-state index contributed by atoms with van der Waals surface area (Å²) in [7, 11) is 0. The van der Waals surface area contributed by atoms with E-state index in [1.54, 1.807) is 12.1 Å². The SMILES string of the molecule is CC(=O)c1ccc(C)c(Cl)c1Cl. The van der Waals surface area contributed by atoms with Crippen LogP contribution in [0.5, 0.6) is 0 Å². The number of carbonyl (C=O) groups is 1. The van der Waals surface area contributed by atoms with Crippen molar-refractivity contribution in [2.75, 3.05) is 0 Å². The van der Waals surface area contributed by atoms with E-state index in [0.29, 0.717) is 15.6 Å². The summed E-state index contributed by atoms with van der Waals surface area (Å²) in [5, 5.41) is 0.813. The first-order valence-electron chi connectivity index (χ1n) is 3.49. The lowest BCUT2D eigenvalue weighted by Crippen LogP contribution is -1.94. The summed E-state index contributed by atoms with van der Waals surface area (Å²) in [5.41, 5.74) is 1.36. The molecule has 0 bridgehead atoms. The molecule has 1 rings (SSSR count). The van der Waals surface area contributed by atoms with Crippen LogP contribution in [0.4, 0.5) is 0 Å². The van der Waals surface area contributed by atoms with Crippen LogP contribution in [0.3, 0.4) is 0 Å². The summed E-state index contributed by atoms with van der Waals surface area (Å²) < 4.78 is 0. The zero-order valence-corrected chi connectivity index (χ0v) is 8.33. The summed E-state index contributed by atoms with van der Waals surface area (Å²) in [6.45, 7) is 3.31. The molecular weight excluding hydrogens is 195 g/mol. The molecule has 0 spiro atoms. The summed E-state index contributed by atoms with van der Waals surface area (Å²) in [6, 6.07) is 3.47. The number of Topliss-reactive ketones (excluding diaryl/α,β-unsaturated/α-hetero) is 1. The van der Waals surface area contributed by atoms with E-state index in [1.807, 2.05) is 6.92 Å². The Labute approximate surface area is 81.3 Å². The van der Waals surface area contributed by atoms with Crippen molar-refractivity contribution in [2.24, 2.45) is 0 Å². The van der Waals surface area contributed by atoms with Gasteiger partial charge in [0.05, 0.1) is 10.0 Å². The maximum Gasteiger partial charge on any atom is 0.161 e. The Hall–Kier alpha value is -0.530. The van der Waals surface area contributed by atoms with Crippen LogP contribution in [0, 0.1) is 6.92 Å². The van der Waals surface area contributed by atoms with E-state index >= 15 is 0 Å². The molecule has 64 valence electrons. The van der Waals surface area contributed by atoms with Gasteiger partial charge in [0.15, 0.2) is 5.78 Å². The summed E-state index contributed by atoms with van der Waals surface area (Å²) >= 11 is 11.7. The molecular formula is C9H8Cl2O. The van der Waals surface area contributed by atoms with E-state index in [9.17, 15) is 4.79 Å². The molecule has 0 radical (unpaired) electrons. The predicted molar refractivity (Wildman–Crippen MR) is 51.2 cm³/mol. The van der Waals surface area contributed by atoms with E-state index in [1.165, 1.54) is 6.92 Å². The van der Waals surface area contributed by atoms with Gasteiger partial charge in [0.25, 0.3) is 0 Å². The third kappa shape index (κ3) is 1.62. The van der Waals surface area contributed by atoms with E-state index in [0.717, 1.165) is 5.56 Å². The molecule has 1 aromatic rings. The second-order valence-corrected chi connectivity index (χ2v) is 3.37. The first-order chi connectivity index (χ1) is 5.54. The molecule has 1 nitrogen and oxygen atoms in total. The van der Waals surface area contributed by atoms with Gasteiger partial charge in [-0.05, 0) is 25.5 Å². The Morgan fingerprint density at radius 1 is 1.25 bits per heavy atom. The van der Waals surface area contributed by atoms with Gasteiger partial charge in [-0.2, -0.15) is 0 Å². The van der Waals surface area contributed by atoms with Gasteiger partial charge in [-0.3, -0.25) is 4.79 Å². The monoisotopic (exact) mass is 202 g/mol. The molecule has 0 aromatic heterocycles. The lowest BCUT2D eigenvalue weighted by Gasteiger charge is -2.03. The highest BCUT2D eigenvalue weighted by atomic mass is 35.5. The normalized spacial score (nSPS) is 10.0. The van der Waals surface area contributed by atoms with E-state index in [4.69, 9.17) is 23.2 Å². The minimum atomic E-state index is -0.0677. The van der Waals surface area contributed by atoms with Crippen LogP contribution in [0.25, 0.3) is 0 Å². The molecule has 3 heteroatoms. The number of benzene rings is 1. The molecule has 0 fully saturated rings. The molecule has 0 heterocycles. The van der Waals surface area contributed by atoms with Crippen LogP contribution in [0.2, 0.25) is 10.0 Å². The second kappa shape index (κ2) is 3.46. The highest BCUT2D eigenvalue weighted by Crippen LogP contribution is 2.29. The summed E-state index contributed by atoms with van der Waals surface area (Å²) in [6.07, 6.45) is 0. The van der Waals surface area contributed by atoms with Crippen molar-refractivity contribution >= 4 is 29.0 Å². The smallest absolute Gasteiger partial charge is 0.161 e. The zero-order valence-electron chi connectivity index (χ0n) is 6.82. The molecule has 0 amide bonds. The number of ketones is 1. The van der Waals surface area contributed by atoms with Crippen LogP contribution >= 0.6 is 23.2 Å². The number of aryl methyl sites for hydroxylation is 1. The van der Waals surface area contributed by atoms with Crippen LogP contribution in [-0.4, -0.2) is 5.78 Å². The van der Waals surface area contributed by atoms with Crippen molar-refractivity contribution in [3.63, 3.8) is 0 Å². The quantitative estimate of drug-likeness (QED) is 0.638. The number of hydrogen-bond donors (Lipinski definition) is 0. The lowest BCUT2D eigenvalue weighted by molar-refractivity contribution is 0.101. The maximum absolute atomic E-state index is 11.0. The van der Waals surface area contributed by atoms with E-state index in [2.05, 4.69) is 0 Å². The first kappa shape index (κ1) is 9.56. The van der Waals surface area contributed by atoms with Crippen molar-refractivity contribution in [2.45, 2.75) is 13.8 Å². The Bertz CT molecular complexity index is 332. The number of rotatable bonds is 1. The third-order valence-electron chi connectivity index (χ3n) is 1.65. The van der Waals surface area contributed by atoms with Crippen LogP contribution in [0.15, 0.2) is 12.1 Å². The predicted octanol–water partition coefficient (Wildman–Crippen LogP) is 3.50. The molecule has 0 saturated heterocycles. The molecule has 0 saturated carbocycles. The third-order valence-corrected chi connectivity index (χ3v) is 2.63. The average molecular weight is 203 g/mol. The number of halogens is 2. The topological polar surface area (TPSA) is 17.1 Å². The minimum absolute atomic E-state index is 0.0677. The molecule has 12 heavy (non-hydrogen) atoms. The van der Waals surface area contributed by atoms with Gasteiger partial charge in [0.2, 0.25) is 0 Å². The molecule has 0 N–H and O–H groups in total.